The molecule has 1 aromatic rings. The lowest BCUT2D eigenvalue weighted by molar-refractivity contribution is -0.119. The van der Waals surface area contributed by atoms with Gasteiger partial charge in [0.1, 0.15) is 0 Å². The minimum Gasteiger partial charge on any atom is -0.373 e. The molecule has 1 atom stereocenters. The second-order valence-electron chi connectivity index (χ2n) is 5.27. The Morgan fingerprint density at radius 2 is 2.41 bits per heavy atom. The smallest absolute Gasteiger partial charge is 0.322 e. The molecule has 2 heterocycles. The number of pyridine rings is 1. The van der Waals surface area contributed by atoms with Crippen molar-refractivity contribution in [1.82, 2.24) is 14.8 Å². The second kappa shape index (κ2) is 7.71. The van der Waals surface area contributed by atoms with Gasteiger partial charge >= 0.3 is 6.03 Å². The molecular formula is C14H21N5O3. The first-order valence-electron chi connectivity index (χ1n) is 7.09. The predicted octanol–water partition coefficient (Wildman–Crippen LogP) is -0.269. The van der Waals surface area contributed by atoms with Gasteiger partial charge in [-0.15, -0.1) is 0 Å². The van der Waals surface area contributed by atoms with E-state index >= 15 is 0 Å². The Balaban J connectivity index is 1.84. The van der Waals surface area contributed by atoms with Crippen LogP contribution < -0.4 is 11.1 Å². The van der Waals surface area contributed by atoms with Crippen LogP contribution >= 0.6 is 0 Å². The van der Waals surface area contributed by atoms with Gasteiger partial charge in [-0.25, -0.2) is 4.79 Å². The van der Waals surface area contributed by atoms with Crippen LogP contribution in [-0.4, -0.2) is 72.7 Å². The molecule has 1 aromatic heterocycles. The fourth-order valence-electron chi connectivity index (χ4n) is 2.33. The van der Waals surface area contributed by atoms with Crippen LogP contribution in [0.5, 0.6) is 0 Å². The largest absolute Gasteiger partial charge is 0.373 e. The Kier molecular flexibility index (Phi) is 5.68. The SMILES string of the molecule is CN(CC(N)=O)CC1CN(C(=O)Nc2cccnc2)CCO1. The Morgan fingerprint density at radius 1 is 1.59 bits per heavy atom. The predicted molar refractivity (Wildman–Crippen MR) is 81.3 cm³/mol. The summed E-state index contributed by atoms with van der Waals surface area (Å²) in [4.78, 5) is 30.5. The van der Waals surface area contributed by atoms with Gasteiger partial charge in [0.15, 0.2) is 0 Å². The molecular weight excluding hydrogens is 286 g/mol. The number of urea groups is 1. The molecule has 0 aromatic carbocycles. The van der Waals surface area contributed by atoms with Crippen molar-refractivity contribution in [2.45, 2.75) is 6.10 Å². The number of morpholine rings is 1. The number of aromatic nitrogens is 1. The normalized spacial score (nSPS) is 18.3. The van der Waals surface area contributed by atoms with E-state index < -0.39 is 0 Å². The Morgan fingerprint density at radius 3 is 3.09 bits per heavy atom. The highest BCUT2D eigenvalue weighted by Crippen LogP contribution is 2.10. The standard InChI is InChI=1S/C14H21N5O3/c1-18(10-13(15)20)8-12-9-19(5-6-22-12)14(21)17-11-3-2-4-16-7-11/h2-4,7,12H,5-6,8-10H2,1H3,(H2,15,20)(H,17,21). The number of amides is 3. The van der Waals surface area contributed by atoms with Gasteiger partial charge in [-0.2, -0.15) is 0 Å². The zero-order chi connectivity index (χ0) is 15.9. The van der Waals surface area contributed by atoms with Crippen molar-refractivity contribution in [1.29, 1.82) is 0 Å². The van der Waals surface area contributed by atoms with Crippen LogP contribution in [-0.2, 0) is 9.53 Å². The molecule has 0 bridgehead atoms. The molecule has 3 amide bonds. The Bertz CT molecular complexity index is 510. The van der Waals surface area contributed by atoms with Gasteiger partial charge in [0, 0.05) is 25.8 Å². The third kappa shape index (κ3) is 4.97. The molecule has 1 unspecified atom stereocenters. The summed E-state index contributed by atoms with van der Waals surface area (Å²) in [6.07, 6.45) is 3.10. The van der Waals surface area contributed by atoms with Crippen molar-refractivity contribution >= 4 is 17.6 Å². The monoisotopic (exact) mass is 307 g/mol. The summed E-state index contributed by atoms with van der Waals surface area (Å²) in [6, 6.07) is 3.36. The summed E-state index contributed by atoms with van der Waals surface area (Å²) in [5, 5.41) is 2.80. The van der Waals surface area contributed by atoms with E-state index in [1.54, 1.807) is 41.4 Å². The van der Waals surface area contributed by atoms with Crippen LogP contribution in [0.2, 0.25) is 0 Å². The number of primary amides is 1. The second-order valence-corrected chi connectivity index (χ2v) is 5.27. The molecule has 3 N–H and O–H groups in total. The zero-order valence-electron chi connectivity index (χ0n) is 12.6. The van der Waals surface area contributed by atoms with E-state index in [4.69, 9.17) is 10.5 Å². The number of carbonyl (C=O) groups excluding carboxylic acids is 2. The van der Waals surface area contributed by atoms with Gasteiger partial charge in [-0.3, -0.25) is 14.7 Å². The summed E-state index contributed by atoms with van der Waals surface area (Å²) in [5.41, 5.74) is 5.81. The number of anilines is 1. The highest BCUT2D eigenvalue weighted by atomic mass is 16.5. The average molecular weight is 307 g/mol. The van der Waals surface area contributed by atoms with Crippen molar-refractivity contribution in [2.24, 2.45) is 5.73 Å². The minimum atomic E-state index is -0.385. The molecule has 0 saturated carbocycles. The van der Waals surface area contributed by atoms with Gasteiger partial charge in [0.2, 0.25) is 5.91 Å². The minimum absolute atomic E-state index is 0.141. The number of rotatable bonds is 5. The van der Waals surface area contributed by atoms with E-state index in [9.17, 15) is 9.59 Å². The maximum Gasteiger partial charge on any atom is 0.322 e. The molecule has 1 aliphatic heterocycles. The van der Waals surface area contributed by atoms with Gasteiger partial charge in [-0.1, -0.05) is 0 Å². The quantitative estimate of drug-likeness (QED) is 0.780. The van der Waals surface area contributed by atoms with Crippen molar-refractivity contribution in [3.63, 3.8) is 0 Å². The van der Waals surface area contributed by atoms with E-state index in [1.807, 2.05) is 0 Å². The van der Waals surface area contributed by atoms with Crippen LogP contribution in [0.15, 0.2) is 24.5 Å². The van der Waals surface area contributed by atoms with E-state index in [-0.39, 0.29) is 24.6 Å². The first kappa shape index (κ1) is 16.2. The van der Waals surface area contributed by atoms with Crippen molar-refractivity contribution in [3.05, 3.63) is 24.5 Å². The molecule has 1 saturated heterocycles. The number of nitrogens with one attached hydrogen (secondary N) is 1. The Hall–Kier alpha value is -2.19. The number of carbonyl (C=O) groups is 2. The summed E-state index contributed by atoms with van der Waals surface area (Å²) in [5.74, 6) is -0.385. The number of ether oxygens (including phenoxy) is 1. The lowest BCUT2D eigenvalue weighted by Crippen LogP contribution is -2.51. The van der Waals surface area contributed by atoms with E-state index in [0.29, 0.717) is 31.9 Å². The zero-order valence-corrected chi connectivity index (χ0v) is 12.6. The molecule has 0 aliphatic carbocycles. The molecule has 120 valence electrons. The molecule has 1 fully saturated rings. The fourth-order valence-corrected chi connectivity index (χ4v) is 2.33. The average Bonchev–Trinajstić information content (AvgIpc) is 2.47. The molecule has 0 radical (unpaired) electrons. The van der Waals surface area contributed by atoms with Gasteiger partial charge in [0.25, 0.3) is 0 Å². The molecule has 2 rings (SSSR count). The number of hydrogen-bond donors (Lipinski definition) is 2. The lowest BCUT2D eigenvalue weighted by Gasteiger charge is -2.34. The third-order valence-corrected chi connectivity index (χ3v) is 3.28. The molecule has 22 heavy (non-hydrogen) atoms. The summed E-state index contributed by atoms with van der Waals surface area (Å²) >= 11 is 0. The third-order valence-electron chi connectivity index (χ3n) is 3.28. The van der Waals surface area contributed by atoms with Crippen LogP contribution in [0.25, 0.3) is 0 Å². The van der Waals surface area contributed by atoms with Crippen molar-refractivity contribution in [3.8, 4) is 0 Å². The van der Waals surface area contributed by atoms with Crippen molar-refractivity contribution < 1.29 is 14.3 Å². The number of likely N-dealkylation sites (N-methyl/N-ethyl adjacent to an activating group) is 1. The van der Waals surface area contributed by atoms with E-state index in [1.165, 1.54) is 0 Å². The number of nitrogens with two attached hydrogens (primary N) is 1. The topological polar surface area (TPSA) is 101 Å². The molecule has 0 spiro atoms. The molecule has 1 aliphatic rings. The maximum absolute atomic E-state index is 12.2. The molecule has 8 heteroatoms. The fraction of sp³-hybridized carbons (Fsp3) is 0.500. The highest BCUT2D eigenvalue weighted by Gasteiger charge is 2.25. The lowest BCUT2D eigenvalue weighted by atomic mass is 10.2. The summed E-state index contributed by atoms with van der Waals surface area (Å²) < 4.78 is 5.63. The van der Waals surface area contributed by atoms with E-state index in [0.717, 1.165) is 0 Å². The van der Waals surface area contributed by atoms with Crippen LogP contribution in [0.3, 0.4) is 0 Å². The maximum atomic E-state index is 12.2. The van der Waals surface area contributed by atoms with Crippen LogP contribution in [0, 0.1) is 0 Å². The highest BCUT2D eigenvalue weighted by molar-refractivity contribution is 5.89. The van der Waals surface area contributed by atoms with Gasteiger partial charge < -0.3 is 20.7 Å². The van der Waals surface area contributed by atoms with Gasteiger partial charge in [-0.05, 0) is 19.2 Å². The van der Waals surface area contributed by atoms with E-state index in [2.05, 4.69) is 10.3 Å². The molecule has 8 nitrogen and oxygen atoms in total. The summed E-state index contributed by atoms with van der Waals surface area (Å²) in [7, 11) is 1.79. The number of hydrogen-bond acceptors (Lipinski definition) is 5. The first-order chi connectivity index (χ1) is 10.5. The van der Waals surface area contributed by atoms with Gasteiger partial charge in [0.05, 0.1) is 31.1 Å². The number of nitrogens with zero attached hydrogens (tertiary/aromatic N) is 3. The first-order valence-corrected chi connectivity index (χ1v) is 7.09. The Labute approximate surface area is 129 Å². The van der Waals surface area contributed by atoms with Crippen molar-refractivity contribution in [2.75, 3.05) is 45.2 Å². The summed E-state index contributed by atoms with van der Waals surface area (Å²) in [6.45, 7) is 2.17. The van der Waals surface area contributed by atoms with Crippen LogP contribution in [0.4, 0.5) is 10.5 Å². The van der Waals surface area contributed by atoms with Crippen LogP contribution in [0.1, 0.15) is 0 Å².